The van der Waals surface area contributed by atoms with E-state index in [1.54, 1.807) is 0 Å². The Morgan fingerprint density at radius 2 is 1.81 bits per heavy atom. The zero-order valence-electron chi connectivity index (χ0n) is 24.3. The maximum atomic E-state index is 15.0. The lowest BCUT2D eigenvalue weighted by atomic mass is 9.75. The lowest BCUT2D eigenvalue weighted by molar-refractivity contribution is -0.127. The van der Waals surface area contributed by atoms with Gasteiger partial charge in [-0.25, -0.2) is 22.5 Å². The van der Waals surface area contributed by atoms with Crippen molar-refractivity contribution < 1.29 is 17.6 Å². The molecule has 3 unspecified atom stereocenters. The summed E-state index contributed by atoms with van der Waals surface area (Å²) in [6.45, 7) is 6.59. The number of nitrogens with zero attached hydrogens (tertiary/aromatic N) is 5. The molecule has 42 heavy (non-hydrogen) atoms. The smallest absolute Gasteiger partial charge is 0.224 e. The second kappa shape index (κ2) is 12.2. The Morgan fingerprint density at radius 1 is 1.12 bits per heavy atom. The standard InChI is InChI=1S/C31H37FN6O3S/c1-20(2)27(19-33)35-31(39)25-8-5-4-7-24(25)29-28(21(3)38(36-29)30-26(32)9-6-14-34-30)22-10-12-23(13-11-22)37-15-17-42(40,41)18-16-37/h6,9-14,20,24-25,27H,4-5,7-8,15-18H2,1-3H3,(H,35,39). The Labute approximate surface area is 246 Å². The van der Waals surface area contributed by atoms with Crippen LogP contribution in [-0.2, 0) is 14.6 Å². The summed E-state index contributed by atoms with van der Waals surface area (Å²) in [6, 6.07) is 12.4. The second-order valence-electron chi connectivity index (χ2n) is 11.6. The first-order chi connectivity index (χ1) is 20.1. The van der Waals surface area contributed by atoms with E-state index in [1.807, 2.05) is 45.0 Å². The third-order valence-electron chi connectivity index (χ3n) is 8.51. The van der Waals surface area contributed by atoms with Gasteiger partial charge >= 0.3 is 0 Å². The number of rotatable bonds is 7. The summed E-state index contributed by atoms with van der Waals surface area (Å²) < 4.78 is 40.3. The summed E-state index contributed by atoms with van der Waals surface area (Å²) in [7, 11) is -2.99. The fourth-order valence-corrected chi connectivity index (χ4v) is 7.27. The van der Waals surface area contributed by atoms with E-state index in [0.717, 1.165) is 36.1 Å². The first-order valence-corrected chi connectivity index (χ1v) is 16.4. The van der Waals surface area contributed by atoms with E-state index in [2.05, 4.69) is 21.3 Å². The molecule has 5 rings (SSSR count). The van der Waals surface area contributed by atoms with Crippen molar-refractivity contribution in [1.82, 2.24) is 20.1 Å². The summed E-state index contributed by atoms with van der Waals surface area (Å²) >= 11 is 0. The number of sulfone groups is 1. The first kappa shape index (κ1) is 29.7. The normalized spacial score (nSPS) is 21.1. The average molecular weight is 593 g/mol. The van der Waals surface area contributed by atoms with Gasteiger partial charge < -0.3 is 10.2 Å². The van der Waals surface area contributed by atoms with E-state index in [1.165, 1.54) is 23.0 Å². The third-order valence-corrected chi connectivity index (χ3v) is 10.1. The van der Waals surface area contributed by atoms with Gasteiger partial charge in [0.25, 0.3) is 0 Å². The van der Waals surface area contributed by atoms with Crippen LogP contribution in [0.2, 0.25) is 0 Å². The zero-order chi connectivity index (χ0) is 30.0. The Balaban J connectivity index is 1.55. The number of aromatic nitrogens is 3. The number of nitrogens with one attached hydrogen (secondary N) is 1. The highest BCUT2D eigenvalue weighted by Crippen LogP contribution is 2.43. The summed E-state index contributed by atoms with van der Waals surface area (Å²) in [4.78, 5) is 19.9. The van der Waals surface area contributed by atoms with Crippen molar-refractivity contribution in [2.75, 3.05) is 29.5 Å². The van der Waals surface area contributed by atoms with Crippen LogP contribution in [0.5, 0.6) is 0 Å². The number of pyridine rings is 1. The SMILES string of the molecule is Cc1c(-c2ccc(N3CCS(=O)(=O)CC3)cc2)c(C2CCCCC2C(=O)NC(C#N)C(C)C)nn1-c1ncccc1F. The Kier molecular flexibility index (Phi) is 8.64. The van der Waals surface area contributed by atoms with Crippen LogP contribution in [0.15, 0.2) is 42.6 Å². The monoisotopic (exact) mass is 592 g/mol. The molecule has 222 valence electrons. The molecule has 1 aliphatic heterocycles. The van der Waals surface area contributed by atoms with Crippen molar-refractivity contribution >= 4 is 21.4 Å². The topological polar surface area (TPSA) is 121 Å². The molecule has 9 nitrogen and oxygen atoms in total. The first-order valence-electron chi connectivity index (χ1n) is 14.6. The van der Waals surface area contributed by atoms with Crippen LogP contribution in [0.1, 0.15) is 56.8 Å². The molecule has 1 aromatic carbocycles. The molecule has 3 aromatic rings. The average Bonchev–Trinajstić information content (AvgIpc) is 3.32. The van der Waals surface area contributed by atoms with Crippen LogP contribution in [0.25, 0.3) is 16.9 Å². The molecule has 1 saturated heterocycles. The zero-order valence-corrected chi connectivity index (χ0v) is 25.1. The summed E-state index contributed by atoms with van der Waals surface area (Å²) in [6.07, 6.45) is 4.77. The van der Waals surface area contributed by atoms with Gasteiger partial charge in [-0.1, -0.05) is 38.8 Å². The van der Waals surface area contributed by atoms with Crippen LogP contribution >= 0.6 is 0 Å². The molecule has 1 aliphatic carbocycles. The number of carbonyl (C=O) groups is 1. The van der Waals surface area contributed by atoms with Crippen LogP contribution in [0, 0.1) is 35.9 Å². The maximum absolute atomic E-state index is 15.0. The van der Waals surface area contributed by atoms with Crippen molar-refractivity contribution in [1.29, 1.82) is 5.26 Å². The number of carbonyl (C=O) groups excluding carboxylic acids is 1. The lowest BCUT2D eigenvalue weighted by Crippen LogP contribution is -2.43. The molecule has 0 spiro atoms. The quantitative estimate of drug-likeness (QED) is 0.427. The molecule has 1 saturated carbocycles. The van der Waals surface area contributed by atoms with Crippen molar-refractivity contribution in [2.45, 2.75) is 58.4 Å². The van der Waals surface area contributed by atoms with E-state index in [9.17, 15) is 22.9 Å². The summed E-state index contributed by atoms with van der Waals surface area (Å²) in [5.41, 5.74) is 4.06. The minimum atomic E-state index is -2.99. The van der Waals surface area contributed by atoms with Gasteiger partial charge in [-0.2, -0.15) is 10.4 Å². The van der Waals surface area contributed by atoms with Gasteiger partial charge in [0.1, 0.15) is 6.04 Å². The molecular weight excluding hydrogens is 555 g/mol. The highest BCUT2D eigenvalue weighted by molar-refractivity contribution is 7.91. The van der Waals surface area contributed by atoms with Crippen LogP contribution < -0.4 is 10.2 Å². The molecule has 1 N–H and O–H groups in total. The molecule has 0 bridgehead atoms. The molecule has 2 aliphatic rings. The number of halogens is 1. The van der Waals surface area contributed by atoms with E-state index in [4.69, 9.17) is 5.10 Å². The number of hydrogen-bond donors (Lipinski definition) is 1. The predicted octanol–water partition coefficient (Wildman–Crippen LogP) is 4.55. The van der Waals surface area contributed by atoms with E-state index >= 15 is 0 Å². The number of amides is 1. The van der Waals surface area contributed by atoms with Gasteiger partial charge in [-0.15, -0.1) is 0 Å². The molecule has 11 heteroatoms. The van der Waals surface area contributed by atoms with E-state index < -0.39 is 21.7 Å². The maximum Gasteiger partial charge on any atom is 0.224 e. The van der Waals surface area contributed by atoms with Crippen molar-refractivity contribution in [2.24, 2.45) is 11.8 Å². The van der Waals surface area contributed by atoms with Gasteiger partial charge in [0.2, 0.25) is 5.91 Å². The van der Waals surface area contributed by atoms with E-state index in [0.29, 0.717) is 30.9 Å². The fourth-order valence-electron chi connectivity index (χ4n) is 6.07. The van der Waals surface area contributed by atoms with Crippen molar-refractivity contribution in [3.8, 4) is 23.0 Å². The Morgan fingerprint density at radius 3 is 2.45 bits per heavy atom. The third kappa shape index (κ3) is 6.04. The molecule has 1 amide bonds. The Hall–Kier alpha value is -3.78. The second-order valence-corrected chi connectivity index (χ2v) is 13.9. The van der Waals surface area contributed by atoms with Gasteiger partial charge in [0.15, 0.2) is 21.5 Å². The molecule has 3 heterocycles. The summed E-state index contributed by atoms with van der Waals surface area (Å²) in [5.74, 6) is -0.916. The van der Waals surface area contributed by atoms with E-state index in [-0.39, 0.29) is 41.0 Å². The highest BCUT2D eigenvalue weighted by Gasteiger charge is 2.37. The predicted molar refractivity (Wildman–Crippen MR) is 159 cm³/mol. The molecule has 2 fully saturated rings. The van der Waals surface area contributed by atoms with Crippen molar-refractivity contribution in [3.05, 3.63) is 59.8 Å². The fraction of sp³-hybridized carbons (Fsp3) is 0.484. The molecule has 2 aromatic heterocycles. The van der Waals surface area contributed by atoms with Crippen molar-refractivity contribution in [3.63, 3.8) is 0 Å². The van der Waals surface area contributed by atoms with Gasteiger partial charge in [-0.3, -0.25) is 4.79 Å². The van der Waals surface area contributed by atoms with Crippen LogP contribution in [0.3, 0.4) is 0 Å². The number of hydrogen-bond acceptors (Lipinski definition) is 7. The Bertz CT molecular complexity index is 1580. The highest BCUT2D eigenvalue weighted by atomic mass is 32.2. The number of nitriles is 1. The number of anilines is 1. The number of benzene rings is 1. The van der Waals surface area contributed by atoms with Gasteiger partial charge in [0, 0.05) is 42.4 Å². The molecular formula is C31H37FN6O3S. The van der Waals surface area contributed by atoms with Gasteiger partial charge in [-0.05, 0) is 55.5 Å². The largest absolute Gasteiger partial charge is 0.369 e. The summed E-state index contributed by atoms with van der Waals surface area (Å²) in [5, 5.41) is 17.5. The van der Waals surface area contributed by atoms with Gasteiger partial charge in [0.05, 0.1) is 29.0 Å². The molecule has 0 radical (unpaired) electrons. The lowest BCUT2D eigenvalue weighted by Gasteiger charge is -2.31. The minimum absolute atomic E-state index is 0.0244. The molecule has 3 atom stereocenters. The van der Waals surface area contributed by atoms with Crippen LogP contribution in [0.4, 0.5) is 10.1 Å². The van der Waals surface area contributed by atoms with Crippen LogP contribution in [-0.4, -0.2) is 59.7 Å². The minimum Gasteiger partial charge on any atom is -0.369 e.